The van der Waals surface area contributed by atoms with Gasteiger partial charge in [-0.25, -0.2) is 8.42 Å². The van der Waals surface area contributed by atoms with Crippen LogP contribution in [0, 0.1) is 0 Å². The predicted molar refractivity (Wildman–Crippen MR) is 130 cm³/mol. The Bertz CT molecular complexity index is 1400. The normalized spacial score (nSPS) is 14.6. The molecule has 0 bridgehead atoms. The van der Waals surface area contributed by atoms with E-state index in [4.69, 9.17) is 14.2 Å². The Balaban J connectivity index is 1.51. The van der Waals surface area contributed by atoms with Crippen molar-refractivity contribution in [2.45, 2.75) is 11.3 Å². The third-order valence-electron chi connectivity index (χ3n) is 5.85. The molecule has 1 saturated heterocycles. The Morgan fingerprint density at radius 1 is 1.09 bits per heavy atom. The number of fused-ring (bicyclic) bond motifs is 1. The first kappa shape index (κ1) is 24.7. The molecular weight excluding hydrogens is 474 g/mol. The number of amides is 1. The summed E-state index contributed by atoms with van der Waals surface area (Å²) >= 11 is 0. The van der Waals surface area contributed by atoms with Crippen LogP contribution in [-0.4, -0.2) is 70.7 Å². The summed E-state index contributed by atoms with van der Waals surface area (Å²) in [5.74, 6) is 0.651. The fourth-order valence-corrected chi connectivity index (χ4v) is 5.35. The van der Waals surface area contributed by atoms with Crippen molar-refractivity contribution in [3.63, 3.8) is 0 Å². The van der Waals surface area contributed by atoms with Crippen molar-refractivity contribution >= 4 is 26.8 Å². The summed E-state index contributed by atoms with van der Waals surface area (Å²) in [4.78, 5) is 28.7. The van der Waals surface area contributed by atoms with Gasteiger partial charge in [-0.1, -0.05) is 6.07 Å². The number of methoxy groups -OCH3 is 2. The molecule has 1 aromatic heterocycles. The third-order valence-corrected chi connectivity index (χ3v) is 7.75. The molecule has 0 saturated carbocycles. The summed E-state index contributed by atoms with van der Waals surface area (Å²) in [6.45, 7) is 1.43. The van der Waals surface area contributed by atoms with Gasteiger partial charge in [0, 0.05) is 36.7 Å². The van der Waals surface area contributed by atoms with E-state index in [0.717, 1.165) is 5.56 Å². The van der Waals surface area contributed by atoms with Gasteiger partial charge in [0.05, 0.1) is 32.3 Å². The summed E-state index contributed by atoms with van der Waals surface area (Å²) in [5, 5.41) is 2.88. The van der Waals surface area contributed by atoms with Crippen LogP contribution in [0.25, 0.3) is 10.9 Å². The van der Waals surface area contributed by atoms with Gasteiger partial charge in [0.15, 0.2) is 11.5 Å². The first-order chi connectivity index (χ1) is 16.8. The standard InChI is InChI=1S/C24H27N3O7S/c1-32-21-6-3-16(13-22(21)33-2)7-8-25-24(29)19-15-26-20-5-4-17(14-18(20)23(19)28)35(30,31)27-9-11-34-12-10-27/h3-6,13-15H,7-12H2,1-2H3,(H,25,29)(H,26,28). The van der Waals surface area contributed by atoms with E-state index < -0.39 is 21.4 Å². The van der Waals surface area contributed by atoms with Gasteiger partial charge in [0.25, 0.3) is 5.91 Å². The Hall–Kier alpha value is -3.41. The molecule has 1 amide bonds. The van der Waals surface area contributed by atoms with Crippen molar-refractivity contribution in [2.24, 2.45) is 0 Å². The smallest absolute Gasteiger partial charge is 0.256 e. The van der Waals surface area contributed by atoms with Gasteiger partial charge in [-0.3, -0.25) is 9.59 Å². The van der Waals surface area contributed by atoms with Gasteiger partial charge in [0.2, 0.25) is 15.5 Å². The fourth-order valence-electron chi connectivity index (χ4n) is 3.91. The van der Waals surface area contributed by atoms with E-state index in [1.54, 1.807) is 20.3 Å². The summed E-state index contributed by atoms with van der Waals surface area (Å²) < 4.78 is 43.0. The van der Waals surface area contributed by atoms with E-state index >= 15 is 0 Å². The van der Waals surface area contributed by atoms with E-state index in [9.17, 15) is 18.0 Å². The predicted octanol–water partition coefficient (Wildman–Crippen LogP) is 1.54. The third kappa shape index (κ3) is 5.16. The van der Waals surface area contributed by atoms with Crippen LogP contribution in [0.4, 0.5) is 0 Å². The van der Waals surface area contributed by atoms with Crippen molar-refractivity contribution in [3.8, 4) is 11.5 Å². The minimum absolute atomic E-state index is 0.00316. The zero-order valence-electron chi connectivity index (χ0n) is 19.5. The number of H-pyrrole nitrogens is 1. The molecule has 1 aliphatic heterocycles. The summed E-state index contributed by atoms with van der Waals surface area (Å²) in [7, 11) is -0.674. The van der Waals surface area contributed by atoms with Gasteiger partial charge in [-0.2, -0.15) is 4.31 Å². The number of hydrogen-bond acceptors (Lipinski definition) is 7. The number of rotatable bonds is 8. The number of ether oxygens (including phenoxy) is 3. The highest BCUT2D eigenvalue weighted by atomic mass is 32.2. The zero-order chi connectivity index (χ0) is 25.0. The average molecular weight is 502 g/mol. The Morgan fingerprint density at radius 3 is 2.54 bits per heavy atom. The lowest BCUT2D eigenvalue weighted by Crippen LogP contribution is -2.40. The number of carbonyl (C=O) groups is 1. The second-order valence-corrected chi connectivity index (χ2v) is 9.89. The highest BCUT2D eigenvalue weighted by Crippen LogP contribution is 2.27. The van der Waals surface area contributed by atoms with Crippen LogP contribution in [-0.2, 0) is 21.2 Å². The van der Waals surface area contributed by atoms with Gasteiger partial charge in [-0.05, 0) is 42.3 Å². The SMILES string of the molecule is COc1ccc(CCNC(=O)c2c[nH]c3ccc(S(=O)(=O)N4CCOCC4)cc3c2=O)cc1OC. The molecule has 0 radical (unpaired) electrons. The second-order valence-electron chi connectivity index (χ2n) is 7.95. The van der Waals surface area contributed by atoms with Gasteiger partial charge < -0.3 is 24.5 Å². The molecule has 35 heavy (non-hydrogen) atoms. The lowest BCUT2D eigenvalue weighted by atomic mass is 10.1. The number of aromatic nitrogens is 1. The van der Waals surface area contributed by atoms with Crippen LogP contribution in [0.1, 0.15) is 15.9 Å². The molecule has 4 rings (SSSR count). The number of morpholine rings is 1. The van der Waals surface area contributed by atoms with E-state index in [1.165, 1.54) is 28.7 Å². The Labute approximate surface area is 202 Å². The minimum atomic E-state index is -3.78. The van der Waals surface area contributed by atoms with Crippen molar-refractivity contribution in [1.29, 1.82) is 0 Å². The van der Waals surface area contributed by atoms with Gasteiger partial charge >= 0.3 is 0 Å². The number of pyridine rings is 1. The number of hydrogen-bond donors (Lipinski definition) is 2. The molecule has 10 nitrogen and oxygen atoms in total. The first-order valence-corrected chi connectivity index (χ1v) is 12.5. The van der Waals surface area contributed by atoms with E-state index in [2.05, 4.69) is 10.3 Å². The summed E-state index contributed by atoms with van der Waals surface area (Å²) in [6.07, 6.45) is 1.85. The van der Waals surface area contributed by atoms with E-state index in [-0.39, 0.29) is 35.5 Å². The maximum absolute atomic E-state index is 13.1. The van der Waals surface area contributed by atoms with Crippen LogP contribution >= 0.6 is 0 Å². The van der Waals surface area contributed by atoms with Gasteiger partial charge in [-0.15, -0.1) is 0 Å². The topological polar surface area (TPSA) is 127 Å². The summed E-state index contributed by atoms with van der Waals surface area (Å²) in [5.41, 5.74) is 0.735. The zero-order valence-corrected chi connectivity index (χ0v) is 20.3. The Morgan fingerprint density at radius 2 is 1.83 bits per heavy atom. The van der Waals surface area contributed by atoms with Crippen molar-refractivity contribution < 1.29 is 27.4 Å². The molecule has 1 aliphatic rings. The number of benzene rings is 2. The van der Waals surface area contributed by atoms with Crippen LogP contribution in [0.15, 0.2) is 52.3 Å². The molecule has 2 aromatic carbocycles. The molecule has 1 fully saturated rings. The number of nitrogens with zero attached hydrogens (tertiary/aromatic N) is 1. The van der Waals surface area contributed by atoms with Crippen LogP contribution in [0.2, 0.25) is 0 Å². The first-order valence-electron chi connectivity index (χ1n) is 11.1. The highest BCUT2D eigenvalue weighted by molar-refractivity contribution is 7.89. The molecular formula is C24H27N3O7S. The molecule has 2 heterocycles. The maximum atomic E-state index is 13.1. The Kier molecular flexibility index (Phi) is 7.39. The molecule has 2 N–H and O–H groups in total. The highest BCUT2D eigenvalue weighted by Gasteiger charge is 2.27. The minimum Gasteiger partial charge on any atom is -0.493 e. The monoisotopic (exact) mass is 501 g/mol. The molecule has 0 aliphatic carbocycles. The lowest BCUT2D eigenvalue weighted by molar-refractivity contribution is 0.0730. The maximum Gasteiger partial charge on any atom is 0.256 e. The van der Waals surface area contributed by atoms with Gasteiger partial charge in [0.1, 0.15) is 5.56 Å². The molecule has 0 spiro atoms. The molecule has 0 atom stereocenters. The lowest BCUT2D eigenvalue weighted by Gasteiger charge is -2.26. The summed E-state index contributed by atoms with van der Waals surface area (Å²) in [6, 6.07) is 9.78. The number of aromatic amines is 1. The fraction of sp³-hybridized carbons (Fsp3) is 0.333. The van der Waals surface area contributed by atoms with E-state index in [0.29, 0.717) is 36.7 Å². The number of carbonyl (C=O) groups excluding carboxylic acids is 1. The van der Waals surface area contributed by atoms with Crippen LogP contribution < -0.4 is 20.2 Å². The molecule has 186 valence electrons. The van der Waals surface area contributed by atoms with Crippen molar-refractivity contribution in [2.75, 3.05) is 47.1 Å². The quantitative estimate of drug-likeness (QED) is 0.479. The molecule has 11 heteroatoms. The number of nitrogens with one attached hydrogen (secondary N) is 2. The molecule has 0 unspecified atom stereocenters. The van der Waals surface area contributed by atoms with E-state index in [1.807, 2.05) is 12.1 Å². The molecule has 3 aromatic rings. The van der Waals surface area contributed by atoms with Crippen molar-refractivity contribution in [1.82, 2.24) is 14.6 Å². The second kappa shape index (κ2) is 10.5. The van der Waals surface area contributed by atoms with Crippen molar-refractivity contribution in [3.05, 3.63) is 63.9 Å². The van der Waals surface area contributed by atoms with Crippen LogP contribution in [0.5, 0.6) is 11.5 Å². The largest absolute Gasteiger partial charge is 0.493 e. The average Bonchev–Trinajstić information content (AvgIpc) is 2.89. The van der Waals surface area contributed by atoms with Crippen LogP contribution in [0.3, 0.4) is 0 Å². The number of sulfonamides is 1.